The minimum Gasteiger partial charge on any atom is -0.369 e. The molecule has 0 aliphatic heterocycles. The van der Waals surface area contributed by atoms with Crippen LogP contribution in [0.25, 0.3) is 0 Å². The first-order valence-electron chi connectivity index (χ1n) is 6.40. The van der Waals surface area contributed by atoms with Gasteiger partial charge in [0.15, 0.2) is 0 Å². The molecule has 0 spiro atoms. The smallest absolute Gasteiger partial charge is 0.242 e. The quantitative estimate of drug-likeness (QED) is 0.834. The summed E-state index contributed by atoms with van der Waals surface area (Å²) in [4.78, 5) is 11.7. The Balaban J connectivity index is 2.54. The SMILES string of the molecule is CC(C)CCNC(=O)C(C)Nc1c(F)cccc1F. The van der Waals surface area contributed by atoms with E-state index in [9.17, 15) is 13.6 Å². The van der Waals surface area contributed by atoms with E-state index in [1.54, 1.807) is 6.92 Å². The van der Waals surface area contributed by atoms with Gasteiger partial charge in [-0.05, 0) is 31.4 Å². The van der Waals surface area contributed by atoms with Crippen molar-refractivity contribution in [3.05, 3.63) is 29.8 Å². The Labute approximate surface area is 112 Å². The first-order chi connectivity index (χ1) is 8.91. The third kappa shape index (κ3) is 4.85. The van der Waals surface area contributed by atoms with Gasteiger partial charge in [0.25, 0.3) is 0 Å². The van der Waals surface area contributed by atoms with Crippen LogP contribution >= 0.6 is 0 Å². The first-order valence-corrected chi connectivity index (χ1v) is 6.40. The molecule has 0 aliphatic carbocycles. The summed E-state index contributed by atoms with van der Waals surface area (Å²) in [7, 11) is 0. The summed E-state index contributed by atoms with van der Waals surface area (Å²) in [6.07, 6.45) is 0.868. The lowest BCUT2D eigenvalue weighted by atomic mass is 10.1. The lowest BCUT2D eigenvalue weighted by Crippen LogP contribution is -2.38. The van der Waals surface area contributed by atoms with Crippen LogP contribution in [-0.4, -0.2) is 18.5 Å². The summed E-state index contributed by atoms with van der Waals surface area (Å²) in [5, 5.41) is 5.28. The lowest BCUT2D eigenvalue weighted by Gasteiger charge is -2.16. The molecule has 1 unspecified atom stereocenters. The van der Waals surface area contributed by atoms with Crippen molar-refractivity contribution < 1.29 is 13.6 Å². The van der Waals surface area contributed by atoms with Gasteiger partial charge in [-0.3, -0.25) is 4.79 Å². The molecule has 5 heteroatoms. The Morgan fingerprint density at radius 2 is 1.79 bits per heavy atom. The van der Waals surface area contributed by atoms with Gasteiger partial charge < -0.3 is 10.6 Å². The molecule has 106 valence electrons. The van der Waals surface area contributed by atoms with Crippen molar-refractivity contribution in [3.8, 4) is 0 Å². The molecule has 0 fully saturated rings. The fourth-order valence-corrected chi connectivity index (χ4v) is 1.55. The van der Waals surface area contributed by atoms with Gasteiger partial charge in [-0.1, -0.05) is 19.9 Å². The highest BCUT2D eigenvalue weighted by Crippen LogP contribution is 2.18. The average molecular weight is 270 g/mol. The Morgan fingerprint density at radius 1 is 1.21 bits per heavy atom. The van der Waals surface area contributed by atoms with Crippen molar-refractivity contribution in [1.29, 1.82) is 0 Å². The number of rotatable bonds is 6. The Morgan fingerprint density at radius 3 is 2.32 bits per heavy atom. The van der Waals surface area contributed by atoms with Gasteiger partial charge >= 0.3 is 0 Å². The maximum atomic E-state index is 13.4. The van der Waals surface area contributed by atoms with E-state index in [0.717, 1.165) is 18.6 Å². The topological polar surface area (TPSA) is 41.1 Å². The fraction of sp³-hybridized carbons (Fsp3) is 0.500. The average Bonchev–Trinajstić information content (AvgIpc) is 2.33. The van der Waals surface area contributed by atoms with Crippen LogP contribution in [0.4, 0.5) is 14.5 Å². The molecule has 3 nitrogen and oxygen atoms in total. The molecule has 0 bridgehead atoms. The molecule has 1 aromatic carbocycles. The number of carbonyl (C=O) groups excluding carboxylic acids is 1. The molecule has 2 N–H and O–H groups in total. The van der Waals surface area contributed by atoms with Crippen LogP contribution in [0.15, 0.2) is 18.2 Å². The van der Waals surface area contributed by atoms with Crippen LogP contribution in [0.5, 0.6) is 0 Å². The minimum absolute atomic E-state index is 0.269. The zero-order valence-corrected chi connectivity index (χ0v) is 11.5. The fourth-order valence-electron chi connectivity index (χ4n) is 1.55. The highest BCUT2D eigenvalue weighted by molar-refractivity contribution is 5.84. The number of para-hydroxylation sites is 1. The molecular formula is C14H20F2N2O. The van der Waals surface area contributed by atoms with Crippen molar-refractivity contribution in [2.45, 2.75) is 33.2 Å². The summed E-state index contributed by atoms with van der Waals surface area (Å²) in [6.45, 7) is 6.24. The maximum Gasteiger partial charge on any atom is 0.242 e. The van der Waals surface area contributed by atoms with Gasteiger partial charge in [0.1, 0.15) is 23.4 Å². The number of benzene rings is 1. The number of anilines is 1. The van der Waals surface area contributed by atoms with Crippen LogP contribution in [0.1, 0.15) is 27.2 Å². The predicted octanol–water partition coefficient (Wildman–Crippen LogP) is 2.93. The van der Waals surface area contributed by atoms with Crippen LogP contribution in [0, 0.1) is 17.6 Å². The number of amides is 1. The van der Waals surface area contributed by atoms with Gasteiger partial charge in [0.05, 0.1) is 0 Å². The van der Waals surface area contributed by atoms with E-state index in [-0.39, 0.29) is 11.6 Å². The summed E-state index contributed by atoms with van der Waals surface area (Å²) >= 11 is 0. The van der Waals surface area contributed by atoms with E-state index in [4.69, 9.17) is 0 Å². The van der Waals surface area contributed by atoms with E-state index in [0.29, 0.717) is 12.5 Å². The van der Waals surface area contributed by atoms with Crippen LogP contribution in [0.2, 0.25) is 0 Å². The summed E-state index contributed by atoms with van der Waals surface area (Å²) in [5.74, 6) is -1.19. The van der Waals surface area contributed by atoms with Gasteiger partial charge in [-0.25, -0.2) is 8.78 Å². The Kier molecular flexibility index (Phi) is 5.73. The molecule has 1 atom stereocenters. The molecule has 1 rings (SSSR count). The maximum absolute atomic E-state index is 13.4. The van der Waals surface area contributed by atoms with Crippen molar-refractivity contribution in [1.82, 2.24) is 5.32 Å². The zero-order chi connectivity index (χ0) is 14.4. The van der Waals surface area contributed by atoms with Crippen LogP contribution in [-0.2, 0) is 4.79 Å². The van der Waals surface area contributed by atoms with E-state index >= 15 is 0 Å². The number of halogens is 2. The number of hydrogen-bond donors (Lipinski definition) is 2. The second-order valence-corrected chi connectivity index (χ2v) is 4.94. The van der Waals surface area contributed by atoms with Crippen molar-refractivity contribution in [2.24, 2.45) is 5.92 Å². The van der Waals surface area contributed by atoms with Gasteiger partial charge in [0, 0.05) is 6.54 Å². The molecule has 0 saturated carbocycles. The van der Waals surface area contributed by atoms with Gasteiger partial charge in [0.2, 0.25) is 5.91 Å². The van der Waals surface area contributed by atoms with Crippen LogP contribution in [0.3, 0.4) is 0 Å². The highest BCUT2D eigenvalue weighted by Gasteiger charge is 2.16. The first kappa shape index (κ1) is 15.4. The summed E-state index contributed by atoms with van der Waals surface area (Å²) in [5.41, 5.74) is -0.269. The molecule has 1 amide bonds. The molecule has 0 aliphatic rings. The molecular weight excluding hydrogens is 250 g/mol. The second kappa shape index (κ2) is 7.07. The summed E-state index contributed by atoms with van der Waals surface area (Å²) in [6, 6.07) is 2.88. The van der Waals surface area contributed by atoms with E-state index in [1.807, 2.05) is 0 Å². The van der Waals surface area contributed by atoms with Crippen molar-refractivity contribution in [2.75, 3.05) is 11.9 Å². The number of carbonyl (C=O) groups is 1. The van der Waals surface area contributed by atoms with Gasteiger partial charge in [-0.15, -0.1) is 0 Å². The molecule has 0 saturated heterocycles. The molecule has 0 aromatic heterocycles. The standard InChI is InChI=1S/C14H20F2N2O/c1-9(2)7-8-17-14(19)10(3)18-13-11(15)5-4-6-12(13)16/h4-6,9-10,18H,7-8H2,1-3H3,(H,17,19). The normalized spacial score (nSPS) is 12.3. The minimum atomic E-state index is -0.707. The third-order valence-electron chi connectivity index (χ3n) is 2.74. The number of nitrogens with one attached hydrogen (secondary N) is 2. The zero-order valence-electron chi connectivity index (χ0n) is 11.5. The Hall–Kier alpha value is -1.65. The molecule has 0 heterocycles. The van der Waals surface area contributed by atoms with E-state index in [2.05, 4.69) is 24.5 Å². The predicted molar refractivity (Wildman–Crippen MR) is 71.9 cm³/mol. The van der Waals surface area contributed by atoms with Crippen LogP contribution < -0.4 is 10.6 Å². The molecule has 0 radical (unpaired) electrons. The largest absolute Gasteiger partial charge is 0.369 e. The number of hydrogen-bond acceptors (Lipinski definition) is 2. The highest BCUT2D eigenvalue weighted by atomic mass is 19.1. The lowest BCUT2D eigenvalue weighted by molar-refractivity contribution is -0.121. The van der Waals surface area contributed by atoms with E-state index in [1.165, 1.54) is 6.07 Å². The molecule has 1 aromatic rings. The van der Waals surface area contributed by atoms with Crippen molar-refractivity contribution >= 4 is 11.6 Å². The van der Waals surface area contributed by atoms with Crippen molar-refractivity contribution in [3.63, 3.8) is 0 Å². The Bertz CT molecular complexity index is 415. The van der Waals surface area contributed by atoms with Gasteiger partial charge in [-0.2, -0.15) is 0 Å². The molecule has 19 heavy (non-hydrogen) atoms. The third-order valence-corrected chi connectivity index (χ3v) is 2.74. The van der Waals surface area contributed by atoms with E-state index < -0.39 is 17.7 Å². The summed E-state index contributed by atoms with van der Waals surface area (Å²) < 4.78 is 26.8. The monoisotopic (exact) mass is 270 g/mol. The second-order valence-electron chi connectivity index (χ2n) is 4.94.